The molecule has 96 valence electrons. The summed E-state index contributed by atoms with van der Waals surface area (Å²) >= 11 is 4.49. The predicted octanol–water partition coefficient (Wildman–Crippen LogP) is 2.40. The lowest BCUT2D eigenvalue weighted by atomic mass is 10.1. The van der Waals surface area contributed by atoms with Gasteiger partial charge in [-0.1, -0.05) is 6.07 Å². The molecule has 1 aromatic carbocycles. The van der Waals surface area contributed by atoms with Gasteiger partial charge in [0.25, 0.3) is 0 Å². The van der Waals surface area contributed by atoms with Gasteiger partial charge in [-0.05, 0) is 18.6 Å². The molecule has 0 radical (unpaired) electrons. The van der Waals surface area contributed by atoms with E-state index in [0.717, 1.165) is 33.1 Å². The van der Waals surface area contributed by atoms with Crippen molar-refractivity contribution in [3.63, 3.8) is 0 Å². The Balaban J connectivity index is 2.23. The van der Waals surface area contributed by atoms with Crippen LogP contribution in [-0.2, 0) is 0 Å². The summed E-state index contributed by atoms with van der Waals surface area (Å²) in [5.74, 6) is 0.729. The van der Waals surface area contributed by atoms with Gasteiger partial charge in [-0.25, -0.2) is 4.98 Å². The van der Waals surface area contributed by atoms with Gasteiger partial charge in [0.2, 0.25) is 0 Å². The first-order chi connectivity index (χ1) is 9.20. The molecular formula is C13H12N4OS. The average molecular weight is 272 g/mol. The average Bonchev–Trinajstić information content (AvgIpc) is 2.85. The van der Waals surface area contributed by atoms with Crippen LogP contribution in [0.25, 0.3) is 16.9 Å². The van der Waals surface area contributed by atoms with Gasteiger partial charge < -0.3 is 4.74 Å². The highest BCUT2D eigenvalue weighted by atomic mass is 32.1. The Morgan fingerprint density at radius 2 is 2.11 bits per heavy atom. The second kappa shape index (κ2) is 4.55. The molecule has 0 aliphatic heterocycles. The lowest BCUT2D eigenvalue weighted by Crippen LogP contribution is -1.91. The van der Waals surface area contributed by atoms with Gasteiger partial charge in [0.1, 0.15) is 12.1 Å². The van der Waals surface area contributed by atoms with Crippen LogP contribution in [0.1, 0.15) is 5.56 Å². The predicted molar refractivity (Wildman–Crippen MR) is 74.8 cm³/mol. The van der Waals surface area contributed by atoms with Crippen molar-refractivity contribution in [1.82, 2.24) is 19.6 Å². The van der Waals surface area contributed by atoms with Crippen molar-refractivity contribution in [3.8, 4) is 17.0 Å². The monoisotopic (exact) mass is 272 g/mol. The number of imidazole rings is 1. The molecule has 19 heavy (non-hydrogen) atoms. The number of methoxy groups -OCH3 is 1. The van der Waals surface area contributed by atoms with E-state index < -0.39 is 0 Å². The number of ether oxygens (including phenoxy) is 1. The van der Waals surface area contributed by atoms with Crippen LogP contribution in [0.4, 0.5) is 0 Å². The maximum atomic E-state index is 5.45. The van der Waals surface area contributed by atoms with Crippen molar-refractivity contribution in [2.45, 2.75) is 11.8 Å². The number of nitrogens with zero attached hydrogens (tertiary/aromatic N) is 4. The molecule has 0 bridgehead atoms. The Morgan fingerprint density at radius 1 is 1.26 bits per heavy atom. The van der Waals surface area contributed by atoms with Crippen LogP contribution in [0.15, 0.2) is 35.7 Å². The van der Waals surface area contributed by atoms with Crippen LogP contribution in [0.5, 0.6) is 5.75 Å². The minimum Gasteiger partial charge on any atom is -0.495 e. The molecule has 0 aliphatic rings. The maximum Gasteiger partial charge on any atom is 0.159 e. The first kappa shape index (κ1) is 12.0. The van der Waals surface area contributed by atoms with Crippen molar-refractivity contribution in [2.75, 3.05) is 7.11 Å². The number of fused-ring (bicyclic) bond motifs is 1. The molecule has 0 saturated carbocycles. The number of rotatable bonds is 2. The highest BCUT2D eigenvalue weighted by Gasteiger charge is 2.14. The van der Waals surface area contributed by atoms with E-state index in [2.05, 4.69) is 27.8 Å². The van der Waals surface area contributed by atoms with E-state index in [9.17, 15) is 0 Å². The topological polar surface area (TPSA) is 52.3 Å². The standard InChI is InChI=1S/C13H12N4OS/c1-8-3-4-9(12(18-2)13(8)19)10-6-17-7-15-14-5-11(17)16-10/h3-7,19H,1-2H3. The second-order valence-electron chi connectivity index (χ2n) is 4.18. The molecule has 0 unspecified atom stereocenters. The lowest BCUT2D eigenvalue weighted by Gasteiger charge is -2.10. The number of hydrogen-bond donors (Lipinski definition) is 1. The van der Waals surface area contributed by atoms with Crippen molar-refractivity contribution in [3.05, 3.63) is 36.4 Å². The fraction of sp³-hybridized carbons (Fsp3) is 0.154. The molecule has 0 saturated heterocycles. The molecule has 0 aliphatic carbocycles. The molecule has 3 aromatic rings. The number of benzene rings is 1. The minimum atomic E-state index is 0.729. The Morgan fingerprint density at radius 3 is 2.84 bits per heavy atom. The number of aryl methyl sites for hydroxylation is 1. The zero-order valence-electron chi connectivity index (χ0n) is 10.5. The Bertz CT molecular complexity index is 720. The van der Waals surface area contributed by atoms with E-state index >= 15 is 0 Å². The SMILES string of the molecule is COc1c(-c2cn3cnncc3n2)ccc(C)c1S. The van der Waals surface area contributed by atoms with Crippen LogP contribution >= 0.6 is 12.6 Å². The second-order valence-corrected chi connectivity index (χ2v) is 4.63. The molecule has 2 heterocycles. The third-order valence-electron chi connectivity index (χ3n) is 2.99. The first-order valence-electron chi connectivity index (χ1n) is 5.73. The maximum absolute atomic E-state index is 5.45. The summed E-state index contributed by atoms with van der Waals surface area (Å²) in [5, 5.41) is 7.64. The van der Waals surface area contributed by atoms with Gasteiger partial charge in [0.05, 0.1) is 19.0 Å². The van der Waals surface area contributed by atoms with Crippen LogP contribution in [-0.4, -0.2) is 26.7 Å². The van der Waals surface area contributed by atoms with Gasteiger partial charge in [-0.2, -0.15) is 5.10 Å². The van der Waals surface area contributed by atoms with Gasteiger partial charge >= 0.3 is 0 Å². The third-order valence-corrected chi connectivity index (χ3v) is 3.55. The van der Waals surface area contributed by atoms with Crippen LogP contribution in [0.3, 0.4) is 0 Å². The molecule has 0 amide bonds. The van der Waals surface area contributed by atoms with E-state index in [0.29, 0.717) is 0 Å². The number of aromatic nitrogens is 4. The summed E-state index contributed by atoms with van der Waals surface area (Å²) in [6, 6.07) is 3.98. The van der Waals surface area contributed by atoms with Crippen molar-refractivity contribution in [2.24, 2.45) is 0 Å². The molecule has 2 aromatic heterocycles. The van der Waals surface area contributed by atoms with E-state index in [-0.39, 0.29) is 0 Å². The Kier molecular flexibility index (Phi) is 2.87. The molecule has 5 nitrogen and oxygen atoms in total. The summed E-state index contributed by atoms with van der Waals surface area (Å²) < 4.78 is 7.27. The van der Waals surface area contributed by atoms with Crippen LogP contribution in [0.2, 0.25) is 0 Å². The van der Waals surface area contributed by atoms with Gasteiger partial charge in [-0.15, -0.1) is 17.7 Å². The molecule has 0 fully saturated rings. The zero-order chi connectivity index (χ0) is 13.4. The third kappa shape index (κ3) is 1.94. The van der Waals surface area contributed by atoms with Crippen molar-refractivity contribution >= 4 is 18.3 Å². The molecule has 6 heteroatoms. The quantitative estimate of drug-likeness (QED) is 0.728. The highest BCUT2D eigenvalue weighted by Crippen LogP contribution is 2.36. The van der Waals surface area contributed by atoms with E-state index in [1.54, 1.807) is 19.6 Å². The first-order valence-corrected chi connectivity index (χ1v) is 6.17. The molecule has 0 N–H and O–H groups in total. The lowest BCUT2D eigenvalue weighted by molar-refractivity contribution is 0.406. The van der Waals surface area contributed by atoms with Crippen LogP contribution < -0.4 is 4.74 Å². The van der Waals surface area contributed by atoms with Crippen LogP contribution in [0, 0.1) is 6.92 Å². The summed E-state index contributed by atoms with van der Waals surface area (Å²) in [6.45, 7) is 1.99. The number of thiol groups is 1. The largest absolute Gasteiger partial charge is 0.495 e. The Labute approximate surface area is 115 Å². The van der Waals surface area contributed by atoms with E-state index in [4.69, 9.17) is 4.74 Å². The fourth-order valence-electron chi connectivity index (χ4n) is 1.97. The van der Waals surface area contributed by atoms with Gasteiger partial charge in [0, 0.05) is 16.7 Å². The molecule has 0 spiro atoms. The number of hydrogen-bond acceptors (Lipinski definition) is 5. The zero-order valence-corrected chi connectivity index (χ0v) is 11.4. The van der Waals surface area contributed by atoms with Crippen molar-refractivity contribution in [1.29, 1.82) is 0 Å². The van der Waals surface area contributed by atoms with E-state index in [1.165, 1.54) is 0 Å². The summed E-state index contributed by atoms with van der Waals surface area (Å²) in [4.78, 5) is 5.34. The molecule has 3 rings (SSSR count). The smallest absolute Gasteiger partial charge is 0.159 e. The van der Waals surface area contributed by atoms with Crippen molar-refractivity contribution < 1.29 is 4.74 Å². The fourth-order valence-corrected chi connectivity index (χ4v) is 2.26. The molecule has 0 atom stereocenters. The highest BCUT2D eigenvalue weighted by molar-refractivity contribution is 7.80. The normalized spacial score (nSPS) is 10.9. The minimum absolute atomic E-state index is 0.729. The molecular weight excluding hydrogens is 260 g/mol. The van der Waals surface area contributed by atoms with Gasteiger partial charge in [0.15, 0.2) is 5.65 Å². The Hall–Kier alpha value is -2.08. The van der Waals surface area contributed by atoms with E-state index in [1.807, 2.05) is 29.7 Å². The summed E-state index contributed by atoms with van der Waals surface area (Å²) in [5.41, 5.74) is 3.52. The van der Waals surface area contributed by atoms with Gasteiger partial charge in [-0.3, -0.25) is 4.40 Å². The summed E-state index contributed by atoms with van der Waals surface area (Å²) in [7, 11) is 1.64. The summed E-state index contributed by atoms with van der Waals surface area (Å²) in [6.07, 6.45) is 5.13.